The van der Waals surface area contributed by atoms with Crippen molar-refractivity contribution in [1.29, 1.82) is 0 Å². The van der Waals surface area contributed by atoms with Crippen molar-refractivity contribution in [3.05, 3.63) is 79.6 Å². The van der Waals surface area contributed by atoms with Crippen LogP contribution in [0.4, 0.5) is 0 Å². The average Bonchev–Trinajstić information content (AvgIpc) is 3.45. The normalized spacial score (nSPS) is 12.2. The molecule has 0 saturated carbocycles. The van der Waals surface area contributed by atoms with E-state index in [0.717, 1.165) is 5.56 Å². The minimum absolute atomic E-state index is 0.0148. The monoisotopic (exact) mass is 563 g/mol. The van der Waals surface area contributed by atoms with E-state index in [1.807, 2.05) is 6.92 Å². The number of sulfone groups is 1. The van der Waals surface area contributed by atoms with Gasteiger partial charge in [0.15, 0.2) is 0 Å². The third-order valence-corrected chi connectivity index (χ3v) is 8.84. The summed E-state index contributed by atoms with van der Waals surface area (Å²) >= 11 is 14.4. The van der Waals surface area contributed by atoms with E-state index in [4.69, 9.17) is 27.9 Å². The molecular weight excluding hydrogens is 545 g/mol. The quantitative estimate of drug-likeness (QED) is 0.196. The Bertz CT molecular complexity index is 1620. The second-order valence-electron chi connectivity index (χ2n) is 7.75. The largest absolute Gasteiger partial charge is 0.478 e. The molecule has 186 valence electrons. The van der Waals surface area contributed by atoms with Gasteiger partial charge in [0.1, 0.15) is 10.6 Å². The number of carboxylic acid groups (broad SMARTS) is 1. The number of aromatic amines is 1. The highest BCUT2D eigenvalue weighted by Crippen LogP contribution is 2.42. The number of aromatic nitrogens is 1. The van der Waals surface area contributed by atoms with Crippen LogP contribution in [0.2, 0.25) is 10.0 Å². The van der Waals surface area contributed by atoms with Crippen molar-refractivity contribution in [1.82, 2.24) is 4.98 Å². The number of carboxylic acids is 1. The van der Waals surface area contributed by atoms with Gasteiger partial charge in [-0.05, 0) is 60.5 Å². The van der Waals surface area contributed by atoms with E-state index in [-0.39, 0.29) is 54.2 Å². The maximum Gasteiger partial charge on any atom is 0.355 e. The topological polar surface area (TPSA) is 114 Å². The van der Waals surface area contributed by atoms with Crippen LogP contribution in [0.1, 0.15) is 34.1 Å². The zero-order valence-corrected chi connectivity index (χ0v) is 22.1. The average molecular weight is 564 g/mol. The fourth-order valence-corrected chi connectivity index (χ4v) is 6.92. The van der Waals surface area contributed by atoms with Gasteiger partial charge in [-0.3, -0.25) is 0 Å². The molecule has 0 aliphatic carbocycles. The van der Waals surface area contributed by atoms with Gasteiger partial charge in [-0.1, -0.05) is 40.9 Å². The van der Waals surface area contributed by atoms with E-state index in [1.54, 1.807) is 35.9 Å². The fraction of sp³-hybridized carbons (Fsp3) is 0.120. The Labute approximate surface area is 220 Å². The standard InChI is InChI=1S/C25H19Cl2NO6S2/c1-3-34-25(31)22-17(10-16(24(29)30)14-8-9-35-12-14)20-19(28-22)11-18(26)23(21(20)27)36(32,33)15-6-4-13(2)5-7-15/h4-12,28H,3H2,1-2H3,(H,29,30)/b16-10+. The number of hydrogen-bond donors (Lipinski definition) is 2. The van der Waals surface area contributed by atoms with Crippen molar-refractivity contribution in [2.24, 2.45) is 0 Å². The first-order valence-corrected chi connectivity index (χ1v) is 13.7. The summed E-state index contributed by atoms with van der Waals surface area (Å²) in [7, 11) is -4.16. The zero-order chi connectivity index (χ0) is 26.2. The molecule has 11 heteroatoms. The number of aliphatic carboxylic acids is 1. The van der Waals surface area contributed by atoms with Crippen LogP contribution in [-0.4, -0.2) is 37.1 Å². The van der Waals surface area contributed by atoms with Crippen molar-refractivity contribution in [3.63, 3.8) is 0 Å². The Morgan fingerprint density at radius 2 is 1.86 bits per heavy atom. The van der Waals surface area contributed by atoms with Crippen molar-refractivity contribution in [2.45, 2.75) is 23.6 Å². The van der Waals surface area contributed by atoms with E-state index < -0.39 is 21.8 Å². The van der Waals surface area contributed by atoms with Crippen LogP contribution in [0.15, 0.2) is 56.9 Å². The minimum atomic E-state index is -4.16. The van der Waals surface area contributed by atoms with Crippen LogP contribution in [0.3, 0.4) is 0 Å². The number of thiophene rings is 1. The van der Waals surface area contributed by atoms with Gasteiger partial charge in [-0.25, -0.2) is 18.0 Å². The van der Waals surface area contributed by atoms with Gasteiger partial charge in [0, 0.05) is 16.5 Å². The molecule has 2 N–H and O–H groups in total. The van der Waals surface area contributed by atoms with Crippen LogP contribution in [0.5, 0.6) is 0 Å². The number of aryl methyl sites for hydroxylation is 1. The number of H-pyrrole nitrogens is 1. The predicted molar refractivity (Wildman–Crippen MR) is 141 cm³/mol. The van der Waals surface area contributed by atoms with Gasteiger partial charge in [0.25, 0.3) is 0 Å². The van der Waals surface area contributed by atoms with E-state index in [2.05, 4.69) is 4.98 Å². The third-order valence-electron chi connectivity index (χ3n) is 5.41. The number of rotatable bonds is 7. The van der Waals surface area contributed by atoms with E-state index in [1.165, 1.54) is 35.6 Å². The second kappa shape index (κ2) is 10.1. The molecule has 2 aromatic carbocycles. The molecule has 4 aromatic rings. The Morgan fingerprint density at radius 1 is 1.17 bits per heavy atom. The number of ether oxygens (including phenoxy) is 1. The highest BCUT2D eigenvalue weighted by molar-refractivity contribution is 7.91. The number of fused-ring (bicyclic) bond motifs is 1. The summed E-state index contributed by atoms with van der Waals surface area (Å²) in [4.78, 5) is 27.4. The van der Waals surface area contributed by atoms with Gasteiger partial charge >= 0.3 is 11.9 Å². The van der Waals surface area contributed by atoms with Crippen LogP contribution >= 0.6 is 34.5 Å². The molecule has 0 amide bonds. The molecule has 2 heterocycles. The van der Waals surface area contributed by atoms with Gasteiger partial charge < -0.3 is 14.8 Å². The maximum absolute atomic E-state index is 13.5. The molecule has 7 nitrogen and oxygen atoms in total. The summed E-state index contributed by atoms with van der Waals surface area (Å²) in [5.41, 5.74) is 1.41. The molecule has 2 aromatic heterocycles. The fourth-order valence-electron chi connectivity index (χ4n) is 3.71. The number of nitrogens with one attached hydrogen (secondary N) is 1. The molecule has 4 rings (SSSR count). The summed E-state index contributed by atoms with van der Waals surface area (Å²) in [6, 6.07) is 9.16. The molecule has 0 unspecified atom stereocenters. The number of benzene rings is 2. The third kappa shape index (κ3) is 4.67. The van der Waals surface area contributed by atoms with Crippen molar-refractivity contribution < 1.29 is 27.9 Å². The first kappa shape index (κ1) is 26.0. The van der Waals surface area contributed by atoms with Crippen LogP contribution in [0.25, 0.3) is 22.6 Å². The smallest absolute Gasteiger partial charge is 0.355 e. The second-order valence-corrected chi connectivity index (χ2v) is 11.2. The molecule has 0 fully saturated rings. The lowest BCUT2D eigenvalue weighted by Gasteiger charge is -2.11. The van der Waals surface area contributed by atoms with Crippen molar-refractivity contribution in [3.8, 4) is 0 Å². The molecule has 0 saturated heterocycles. The van der Waals surface area contributed by atoms with Gasteiger partial charge in [0.2, 0.25) is 9.84 Å². The molecule has 0 radical (unpaired) electrons. The van der Waals surface area contributed by atoms with Crippen LogP contribution in [0, 0.1) is 6.92 Å². The van der Waals surface area contributed by atoms with Crippen molar-refractivity contribution in [2.75, 3.05) is 6.61 Å². The van der Waals surface area contributed by atoms with E-state index in [9.17, 15) is 23.1 Å². The van der Waals surface area contributed by atoms with Gasteiger partial charge in [-0.2, -0.15) is 11.3 Å². The Kier molecular flexibility index (Phi) is 7.28. The van der Waals surface area contributed by atoms with E-state index in [0.29, 0.717) is 5.56 Å². The SMILES string of the molecule is CCOC(=O)c1[nH]c2cc(Cl)c(S(=O)(=O)c3ccc(C)cc3)c(Cl)c2c1/C=C(/C(=O)O)c1ccsc1. The van der Waals surface area contributed by atoms with Gasteiger partial charge in [-0.15, -0.1) is 0 Å². The van der Waals surface area contributed by atoms with Crippen molar-refractivity contribution >= 4 is 78.9 Å². The number of carbonyl (C=O) groups excluding carboxylic acids is 1. The Morgan fingerprint density at radius 3 is 2.44 bits per heavy atom. The summed E-state index contributed by atoms with van der Waals surface area (Å²) < 4.78 is 32.2. The summed E-state index contributed by atoms with van der Waals surface area (Å²) in [6.07, 6.45) is 1.28. The molecule has 36 heavy (non-hydrogen) atoms. The summed E-state index contributed by atoms with van der Waals surface area (Å²) in [5, 5.41) is 13.0. The van der Waals surface area contributed by atoms with Crippen LogP contribution in [-0.2, 0) is 19.4 Å². The first-order chi connectivity index (χ1) is 17.1. The highest BCUT2D eigenvalue weighted by Gasteiger charge is 2.30. The molecule has 0 aliphatic rings. The summed E-state index contributed by atoms with van der Waals surface area (Å²) in [6.45, 7) is 3.51. The number of carbonyl (C=O) groups is 2. The Balaban J connectivity index is 2.07. The lowest BCUT2D eigenvalue weighted by molar-refractivity contribution is -0.130. The molecule has 0 atom stereocenters. The summed E-state index contributed by atoms with van der Waals surface area (Å²) in [5.74, 6) is -2.00. The van der Waals surface area contributed by atoms with Gasteiger partial charge in [0.05, 0.1) is 27.1 Å². The first-order valence-electron chi connectivity index (χ1n) is 10.6. The molecule has 0 bridgehead atoms. The van der Waals surface area contributed by atoms with E-state index >= 15 is 0 Å². The molecule has 0 aliphatic heterocycles. The van der Waals surface area contributed by atoms with Crippen LogP contribution < -0.4 is 0 Å². The number of halogens is 2. The Hall–Kier alpha value is -3.11. The predicted octanol–water partition coefficient (Wildman–Crippen LogP) is 6.48. The number of hydrogen-bond acceptors (Lipinski definition) is 6. The highest BCUT2D eigenvalue weighted by atomic mass is 35.5. The lowest BCUT2D eigenvalue weighted by atomic mass is 10.0. The number of esters is 1. The lowest BCUT2D eigenvalue weighted by Crippen LogP contribution is -2.07. The molecular formula is C25H19Cl2NO6S2. The minimum Gasteiger partial charge on any atom is -0.478 e. The maximum atomic E-state index is 13.5. The zero-order valence-electron chi connectivity index (χ0n) is 19.0. The molecule has 0 spiro atoms.